The number of carbonyl (C=O) groups excluding carboxylic acids is 2. The van der Waals surface area contributed by atoms with E-state index in [1.807, 2.05) is 42.5 Å². The summed E-state index contributed by atoms with van der Waals surface area (Å²) in [5, 5.41) is 19.4. The Morgan fingerprint density at radius 2 is 1.61 bits per heavy atom. The number of anilines is 1. The van der Waals surface area contributed by atoms with Crippen molar-refractivity contribution in [2.24, 2.45) is 11.8 Å². The highest BCUT2D eigenvalue weighted by atomic mass is 32.1. The standard InChI is InChI=1S/C23H28N2O5S/c1-3-29-21(27)16-12-19(20(26)13-17(16)22(28)30-4-2)25-23(31)24-18-11-7-9-14-8-5-6-10-15(14)18/h5-11,16-17,19-20,26H,3-4,12-13H2,1-2H3,(H2,24,25,31)/t16-,17-,19+,20+/m1/s1. The van der Waals surface area contributed by atoms with E-state index in [1.54, 1.807) is 13.8 Å². The number of fused-ring (bicyclic) bond motifs is 1. The maximum atomic E-state index is 12.5. The predicted octanol–water partition coefficient (Wildman–Crippen LogP) is 3.01. The van der Waals surface area contributed by atoms with Gasteiger partial charge < -0.3 is 25.2 Å². The van der Waals surface area contributed by atoms with Gasteiger partial charge in [0.15, 0.2) is 5.11 Å². The van der Waals surface area contributed by atoms with Crippen molar-refractivity contribution in [1.29, 1.82) is 0 Å². The van der Waals surface area contributed by atoms with Gasteiger partial charge in [0.05, 0.1) is 37.2 Å². The van der Waals surface area contributed by atoms with Gasteiger partial charge >= 0.3 is 11.9 Å². The average molecular weight is 445 g/mol. The molecule has 0 unspecified atom stereocenters. The van der Waals surface area contributed by atoms with E-state index in [0.717, 1.165) is 16.5 Å². The quantitative estimate of drug-likeness (QED) is 0.462. The van der Waals surface area contributed by atoms with Crippen molar-refractivity contribution in [2.75, 3.05) is 18.5 Å². The number of benzene rings is 2. The summed E-state index contributed by atoms with van der Waals surface area (Å²) in [6.07, 6.45) is -0.565. The molecule has 0 aromatic heterocycles. The van der Waals surface area contributed by atoms with Crippen molar-refractivity contribution < 1.29 is 24.2 Å². The molecule has 3 N–H and O–H groups in total. The fourth-order valence-corrected chi connectivity index (χ4v) is 4.28. The molecular weight excluding hydrogens is 416 g/mol. The molecule has 1 aliphatic rings. The number of ether oxygens (including phenoxy) is 2. The molecule has 0 bridgehead atoms. The number of hydrogen-bond donors (Lipinski definition) is 3. The highest BCUT2D eigenvalue weighted by molar-refractivity contribution is 7.80. The SMILES string of the molecule is CCOC(=O)[C@@H]1C[C@H](NC(=S)Nc2cccc3ccccc23)[C@@H](O)C[C@H]1C(=O)OCC. The second-order valence-corrected chi connectivity index (χ2v) is 7.90. The third kappa shape index (κ3) is 5.51. The van der Waals surface area contributed by atoms with Crippen molar-refractivity contribution in [2.45, 2.75) is 38.8 Å². The van der Waals surface area contributed by atoms with Gasteiger partial charge in [0.25, 0.3) is 0 Å². The largest absolute Gasteiger partial charge is 0.466 e. The number of hydrogen-bond acceptors (Lipinski definition) is 6. The van der Waals surface area contributed by atoms with Crippen molar-refractivity contribution in [3.05, 3.63) is 42.5 Å². The molecule has 8 heteroatoms. The van der Waals surface area contributed by atoms with Crippen molar-refractivity contribution >= 4 is 45.7 Å². The number of thiocarbonyl (C=S) groups is 1. The maximum absolute atomic E-state index is 12.5. The van der Waals surface area contributed by atoms with Crippen LogP contribution in [0.2, 0.25) is 0 Å². The van der Waals surface area contributed by atoms with Gasteiger partial charge in [-0.15, -0.1) is 0 Å². The minimum atomic E-state index is -0.868. The topological polar surface area (TPSA) is 96.9 Å². The molecule has 4 atom stereocenters. The van der Waals surface area contributed by atoms with Gasteiger partial charge in [0, 0.05) is 11.1 Å². The van der Waals surface area contributed by atoms with E-state index in [1.165, 1.54) is 0 Å². The van der Waals surface area contributed by atoms with Gasteiger partial charge in [0.2, 0.25) is 0 Å². The summed E-state index contributed by atoms with van der Waals surface area (Å²) in [6, 6.07) is 13.3. The van der Waals surface area contributed by atoms with E-state index in [0.29, 0.717) is 5.11 Å². The summed E-state index contributed by atoms with van der Waals surface area (Å²) in [7, 11) is 0. The number of rotatable bonds is 6. The van der Waals surface area contributed by atoms with Crippen LogP contribution in [0.4, 0.5) is 5.69 Å². The van der Waals surface area contributed by atoms with Crippen molar-refractivity contribution in [3.8, 4) is 0 Å². The molecule has 2 aromatic rings. The van der Waals surface area contributed by atoms with Crippen LogP contribution in [0.5, 0.6) is 0 Å². The van der Waals surface area contributed by atoms with E-state index in [9.17, 15) is 14.7 Å². The lowest BCUT2D eigenvalue weighted by Gasteiger charge is -2.37. The van der Waals surface area contributed by atoms with E-state index in [-0.39, 0.29) is 26.1 Å². The molecule has 2 aromatic carbocycles. The minimum absolute atomic E-state index is 0.0941. The molecule has 3 rings (SSSR count). The van der Waals surface area contributed by atoms with Crippen LogP contribution in [-0.2, 0) is 19.1 Å². The van der Waals surface area contributed by atoms with Crippen LogP contribution in [0, 0.1) is 11.8 Å². The molecule has 0 heterocycles. The Bertz CT molecular complexity index is 945. The molecule has 166 valence electrons. The molecule has 0 spiro atoms. The molecule has 0 radical (unpaired) electrons. The lowest BCUT2D eigenvalue weighted by atomic mass is 9.75. The normalized spacial score (nSPS) is 23.1. The first-order valence-corrected chi connectivity index (χ1v) is 10.9. The van der Waals surface area contributed by atoms with Gasteiger partial charge in [0.1, 0.15) is 0 Å². The summed E-state index contributed by atoms with van der Waals surface area (Å²) < 4.78 is 10.3. The second-order valence-electron chi connectivity index (χ2n) is 7.49. The molecule has 31 heavy (non-hydrogen) atoms. The molecular formula is C23H28N2O5S. The maximum Gasteiger partial charge on any atom is 0.309 e. The molecule has 0 aliphatic heterocycles. The molecule has 1 fully saturated rings. The molecule has 0 saturated heterocycles. The van der Waals surface area contributed by atoms with Gasteiger partial charge in [-0.05, 0) is 50.4 Å². The first-order chi connectivity index (χ1) is 14.9. The van der Waals surface area contributed by atoms with Crippen LogP contribution in [0.1, 0.15) is 26.7 Å². The predicted molar refractivity (Wildman–Crippen MR) is 123 cm³/mol. The zero-order chi connectivity index (χ0) is 22.4. The van der Waals surface area contributed by atoms with Crippen molar-refractivity contribution in [1.82, 2.24) is 5.32 Å². The van der Waals surface area contributed by atoms with E-state index in [4.69, 9.17) is 21.7 Å². The zero-order valence-electron chi connectivity index (χ0n) is 17.7. The van der Waals surface area contributed by atoms with Crippen LogP contribution in [-0.4, -0.2) is 47.5 Å². The van der Waals surface area contributed by atoms with E-state index in [2.05, 4.69) is 10.6 Å². The summed E-state index contributed by atoms with van der Waals surface area (Å²) in [5.74, 6) is -2.41. The monoisotopic (exact) mass is 444 g/mol. The number of nitrogens with one attached hydrogen (secondary N) is 2. The van der Waals surface area contributed by atoms with E-state index < -0.39 is 35.9 Å². The van der Waals surface area contributed by atoms with Gasteiger partial charge in [-0.3, -0.25) is 9.59 Å². The lowest BCUT2D eigenvalue weighted by molar-refractivity contribution is -0.165. The number of aliphatic hydroxyl groups excluding tert-OH is 1. The highest BCUT2D eigenvalue weighted by Gasteiger charge is 2.45. The van der Waals surface area contributed by atoms with Crippen LogP contribution in [0.25, 0.3) is 10.8 Å². The summed E-state index contributed by atoms with van der Waals surface area (Å²) >= 11 is 5.47. The summed E-state index contributed by atoms with van der Waals surface area (Å²) in [5.41, 5.74) is 0.840. The molecule has 7 nitrogen and oxygen atoms in total. The molecule has 1 aliphatic carbocycles. The highest BCUT2D eigenvalue weighted by Crippen LogP contribution is 2.33. The molecule has 1 saturated carbocycles. The third-order valence-corrected chi connectivity index (χ3v) is 5.71. The third-order valence-electron chi connectivity index (χ3n) is 5.49. The Kier molecular flexibility index (Phi) is 7.81. The lowest BCUT2D eigenvalue weighted by Crippen LogP contribution is -2.53. The summed E-state index contributed by atoms with van der Waals surface area (Å²) in [6.45, 7) is 3.85. The average Bonchev–Trinajstić information content (AvgIpc) is 2.75. The van der Waals surface area contributed by atoms with Gasteiger partial charge in [-0.1, -0.05) is 36.4 Å². The van der Waals surface area contributed by atoms with Crippen LogP contribution in [0.3, 0.4) is 0 Å². The van der Waals surface area contributed by atoms with E-state index >= 15 is 0 Å². The number of aliphatic hydroxyl groups is 1. The van der Waals surface area contributed by atoms with Gasteiger partial charge in [-0.2, -0.15) is 0 Å². The van der Waals surface area contributed by atoms with Crippen LogP contribution >= 0.6 is 12.2 Å². The Balaban J connectivity index is 1.72. The Morgan fingerprint density at radius 3 is 2.29 bits per heavy atom. The Morgan fingerprint density at radius 1 is 1.00 bits per heavy atom. The van der Waals surface area contributed by atoms with Crippen LogP contribution in [0.15, 0.2) is 42.5 Å². The van der Waals surface area contributed by atoms with Crippen molar-refractivity contribution in [3.63, 3.8) is 0 Å². The number of carbonyl (C=O) groups is 2. The Hall–Kier alpha value is -2.71. The smallest absolute Gasteiger partial charge is 0.309 e. The first kappa shape index (κ1) is 23.0. The number of esters is 2. The first-order valence-electron chi connectivity index (χ1n) is 10.5. The minimum Gasteiger partial charge on any atom is -0.466 e. The second kappa shape index (κ2) is 10.5. The van der Waals surface area contributed by atoms with Gasteiger partial charge in [-0.25, -0.2) is 0 Å². The zero-order valence-corrected chi connectivity index (χ0v) is 18.5. The molecule has 0 amide bonds. The van der Waals surface area contributed by atoms with Crippen LogP contribution < -0.4 is 10.6 Å². The fourth-order valence-electron chi connectivity index (χ4n) is 4.02. The Labute approximate surface area is 187 Å². The fraction of sp³-hybridized carbons (Fsp3) is 0.435. The summed E-state index contributed by atoms with van der Waals surface area (Å²) in [4.78, 5) is 24.9.